The molecule has 0 aliphatic carbocycles. The molecular weight excluding hydrogens is 436 g/mol. The molecule has 0 spiro atoms. The van der Waals surface area contributed by atoms with Gasteiger partial charge in [-0.25, -0.2) is 0 Å². The Balaban J connectivity index is 1.92. The van der Waals surface area contributed by atoms with Crippen LogP contribution in [0.15, 0.2) is 58.5 Å². The summed E-state index contributed by atoms with van der Waals surface area (Å²) in [5.41, 5.74) is -5.92. The van der Waals surface area contributed by atoms with Crippen LogP contribution in [0.4, 0.5) is 26.3 Å². The molecule has 0 aliphatic heterocycles. The smallest absolute Gasteiger partial charge is 0.416 e. The summed E-state index contributed by atoms with van der Waals surface area (Å²) in [5, 5.41) is 14.9. The first kappa shape index (κ1) is 21.9. The minimum Gasteiger partial charge on any atom is -0.466 e. The van der Waals surface area contributed by atoms with Gasteiger partial charge in [0.05, 0.1) is 23.9 Å². The number of nitrogens with one attached hydrogen (secondary N) is 1. The molecule has 4 nitrogen and oxygen atoms in total. The number of aliphatic hydroxyl groups is 1. The van der Waals surface area contributed by atoms with E-state index >= 15 is 0 Å². The number of alkyl halides is 6. The molecule has 0 radical (unpaired) electrons. The lowest BCUT2D eigenvalue weighted by atomic mass is 9.98. The average Bonchev–Trinajstić information content (AvgIpc) is 3.38. The van der Waals surface area contributed by atoms with Crippen molar-refractivity contribution in [3.05, 3.63) is 81.4 Å². The number of furan rings is 1. The van der Waals surface area contributed by atoms with Gasteiger partial charge in [-0.15, -0.1) is 11.3 Å². The fraction of sp³-hybridized carbons (Fsp3) is 0.211. The van der Waals surface area contributed by atoms with Gasteiger partial charge < -0.3 is 14.8 Å². The molecule has 2 N–H and O–H groups in total. The van der Waals surface area contributed by atoms with Crippen LogP contribution in [0.25, 0.3) is 0 Å². The van der Waals surface area contributed by atoms with Crippen LogP contribution in [0.2, 0.25) is 0 Å². The number of carbonyl (C=O) groups excluding carboxylic acids is 1. The highest BCUT2D eigenvalue weighted by Crippen LogP contribution is 2.37. The standard InChI is InChI=1S/C19H13F6NO3S/c20-18(21,22)12-7-11(8-13(9-12)19(23,24)25)16(27)26-10-17(28,14-3-1-5-29-14)15-4-2-6-30-15/h1-9,28H,10H2,(H,26,27). The Morgan fingerprint density at radius 2 is 1.63 bits per heavy atom. The summed E-state index contributed by atoms with van der Waals surface area (Å²) in [6.07, 6.45) is -8.89. The van der Waals surface area contributed by atoms with Crippen LogP contribution in [0.1, 0.15) is 32.1 Å². The number of carbonyl (C=O) groups is 1. The van der Waals surface area contributed by atoms with Crippen LogP contribution in [0.5, 0.6) is 0 Å². The van der Waals surface area contributed by atoms with Crippen LogP contribution < -0.4 is 5.32 Å². The third kappa shape index (κ3) is 4.51. The highest BCUT2D eigenvalue weighted by Gasteiger charge is 2.39. The molecule has 2 heterocycles. The molecule has 0 aliphatic rings. The monoisotopic (exact) mass is 449 g/mol. The van der Waals surface area contributed by atoms with Crippen LogP contribution in [0.3, 0.4) is 0 Å². The molecule has 0 bridgehead atoms. The Hall–Kier alpha value is -2.79. The van der Waals surface area contributed by atoms with Crippen molar-refractivity contribution in [1.82, 2.24) is 5.32 Å². The van der Waals surface area contributed by atoms with Gasteiger partial charge >= 0.3 is 12.4 Å². The second-order valence-electron chi connectivity index (χ2n) is 6.29. The molecule has 1 aromatic carbocycles. The molecule has 3 rings (SSSR count). The highest BCUT2D eigenvalue weighted by atomic mass is 32.1. The van der Waals surface area contributed by atoms with Gasteiger partial charge in [0.1, 0.15) is 5.76 Å². The Morgan fingerprint density at radius 1 is 1.00 bits per heavy atom. The molecule has 0 fully saturated rings. The SMILES string of the molecule is O=C(NCC(O)(c1ccco1)c1cccs1)c1cc(C(F)(F)F)cc(C(F)(F)F)c1. The molecule has 1 atom stereocenters. The normalized spacial score (nSPS) is 14.4. The fourth-order valence-corrected chi connectivity index (χ4v) is 3.55. The van der Waals surface area contributed by atoms with E-state index in [2.05, 4.69) is 5.32 Å². The average molecular weight is 449 g/mol. The maximum absolute atomic E-state index is 13.0. The van der Waals surface area contributed by atoms with E-state index in [1.54, 1.807) is 17.5 Å². The molecule has 1 unspecified atom stereocenters. The summed E-state index contributed by atoms with van der Waals surface area (Å²) in [7, 11) is 0. The highest BCUT2D eigenvalue weighted by molar-refractivity contribution is 7.10. The van der Waals surface area contributed by atoms with E-state index in [0.717, 1.165) is 11.3 Å². The number of hydrogen-bond donors (Lipinski definition) is 2. The number of thiophene rings is 1. The van der Waals surface area contributed by atoms with Gasteiger partial charge in [0.15, 0.2) is 5.60 Å². The first-order valence-electron chi connectivity index (χ1n) is 8.29. The Labute approximate surface area is 169 Å². The lowest BCUT2D eigenvalue weighted by Gasteiger charge is -2.25. The maximum Gasteiger partial charge on any atom is 0.416 e. The summed E-state index contributed by atoms with van der Waals surface area (Å²) in [5.74, 6) is -1.17. The number of benzene rings is 1. The predicted molar refractivity (Wildman–Crippen MR) is 94.8 cm³/mol. The van der Waals surface area contributed by atoms with Gasteiger partial charge in [-0.05, 0) is 41.8 Å². The van der Waals surface area contributed by atoms with Crippen molar-refractivity contribution < 1.29 is 40.7 Å². The summed E-state index contributed by atoms with van der Waals surface area (Å²) in [6, 6.07) is 6.66. The van der Waals surface area contributed by atoms with Crippen molar-refractivity contribution in [2.24, 2.45) is 0 Å². The summed E-state index contributed by atoms with van der Waals surface area (Å²) < 4.78 is 83.2. The molecule has 0 saturated heterocycles. The van der Waals surface area contributed by atoms with Gasteiger partial charge in [-0.1, -0.05) is 6.07 Å². The lowest BCUT2D eigenvalue weighted by molar-refractivity contribution is -0.143. The molecule has 1 amide bonds. The zero-order valence-electron chi connectivity index (χ0n) is 14.8. The summed E-state index contributed by atoms with van der Waals surface area (Å²) in [4.78, 5) is 12.8. The molecule has 2 aromatic heterocycles. The van der Waals surface area contributed by atoms with E-state index in [-0.39, 0.29) is 11.8 Å². The summed E-state index contributed by atoms with van der Waals surface area (Å²) in [6.45, 7) is -0.544. The van der Waals surface area contributed by atoms with E-state index in [1.165, 1.54) is 18.4 Å². The quantitative estimate of drug-likeness (QED) is 0.537. The first-order valence-corrected chi connectivity index (χ1v) is 9.17. The molecule has 0 saturated carbocycles. The van der Waals surface area contributed by atoms with Crippen LogP contribution in [0, 0.1) is 0 Å². The number of amides is 1. The Morgan fingerprint density at radius 3 is 2.10 bits per heavy atom. The van der Waals surface area contributed by atoms with Crippen LogP contribution >= 0.6 is 11.3 Å². The van der Waals surface area contributed by atoms with E-state index in [4.69, 9.17) is 4.42 Å². The number of rotatable bonds is 5. The van der Waals surface area contributed by atoms with Crippen molar-refractivity contribution in [3.8, 4) is 0 Å². The first-order chi connectivity index (χ1) is 13.9. The number of halogens is 6. The van der Waals surface area contributed by atoms with Crippen molar-refractivity contribution in [1.29, 1.82) is 0 Å². The third-order valence-electron chi connectivity index (χ3n) is 4.21. The molecule has 3 aromatic rings. The minimum absolute atomic E-state index is 0.0465. The van der Waals surface area contributed by atoms with Crippen molar-refractivity contribution in [2.75, 3.05) is 6.54 Å². The molecule has 30 heavy (non-hydrogen) atoms. The van der Waals surface area contributed by atoms with E-state index in [9.17, 15) is 36.2 Å². The summed E-state index contributed by atoms with van der Waals surface area (Å²) >= 11 is 1.13. The Bertz CT molecular complexity index is 944. The van der Waals surface area contributed by atoms with Crippen molar-refractivity contribution in [2.45, 2.75) is 18.0 Å². The third-order valence-corrected chi connectivity index (χ3v) is 5.23. The van der Waals surface area contributed by atoms with Gasteiger partial charge in [0.25, 0.3) is 5.91 Å². The van der Waals surface area contributed by atoms with E-state index in [1.807, 2.05) is 0 Å². The maximum atomic E-state index is 13.0. The zero-order chi connectivity index (χ0) is 22.2. The zero-order valence-corrected chi connectivity index (χ0v) is 15.7. The van der Waals surface area contributed by atoms with E-state index < -0.39 is 47.1 Å². The molecular formula is C19H13F6NO3S. The topological polar surface area (TPSA) is 62.5 Å². The lowest BCUT2D eigenvalue weighted by Crippen LogP contribution is -2.41. The van der Waals surface area contributed by atoms with Gasteiger partial charge in [0.2, 0.25) is 0 Å². The van der Waals surface area contributed by atoms with Gasteiger partial charge in [-0.3, -0.25) is 4.79 Å². The minimum atomic E-state index is -5.08. The second-order valence-corrected chi connectivity index (χ2v) is 7.24. The van der Waals surface area contributed by atoms with Crippen LogP contribution in [-0.4, -0.2) is 17.6 Å². The van der Waals surface area contributed by atoms with Crippen LogP contribution in [-0.2, 0) is 18.0 Å². The largest absolute Gasteiger partial charge is 0.466 e. The van der Waals surface area contributed by atoms with E-state index in [0.29, 0.717) is 17.0 Å². The van der Waals surface area contributed by atoms with Gasteiger partial charge in [0, 0.05) is 10.4 Å². The van der Waals surface area contributed by atoms with Gasteiger partial charge in [-0.2, -0.15) is 26.3 Å². The second kappa shape index (κ2) is 7.80. The fourth-order valence-electron chi connectivity index (χ4n) is 2.72. The number of hydrogen-bond acceptors (Lipinski definition) is 4. The molecule has 11 heteroatoms. The molecule has 160 valence electrons. The van der Waals surface area contributed by atoms with Crippen molar-refractivity contribution >= 4 is 17.2 Å². The predicted octanol–water partition coefficient (Wildman–Crippen LogP) is 5.04. The van der Waals surface area contributed by atoms with Crippen molar-refractivity contribution in [3.63, 3.8) is 0 Å². The Kier molecular flexibility index (Phi) is 5.70.